The topological polar surface area (TPSA) is 82.2 Å². The molecule has 0 bridgehead atoms. The third-order valence-corrected chi connectivity index (χ3v) is 6.42. The van der Waals surface area contributed by atoms with Gasteiger partial charge in [0.05, 0.1) is 16.0 Å². The first-order valence-electron chi connectivity index (χ1n) is 9.74. The molecule has 2 aromatic rings. The SMILES string of the molecule is CC(=NS(=O)C(C)(C)C)c1cc(C)cc2nc(C#N)c(N3CCC(F)(F)CC3)nc12. The molecule has 3 rings (SSSR count). The molecule has 1 aliphatic heterocycles. The summed E-state index contributed by atoms with van der Waals surface area (Å²) in [7, 11) is -1.45. The zero-order chi connectivity index (χ0) is 22.3. The van der Waals surface area contributed by atoms with Gasteiger partial charge >= 0.3 is 0 Å². The Balaban J connectivity index is 2.14. The molecule has 0 aliphatic carbocycles. The number of fused-ring (bicyclic) bond motifs is 1. The number of anilines is 1. The monoisotopic (exact) mass is 433 g/mol. The first-order chi connectivity index (χ1) is 13.9. The number of rotatable bonds is 3. The Bertz CT molecular complexity index is 1080. The minimum atomic E-state index is -2.70. The fourth-order valence-electron chi connectivity index (χ4n) is 3.22. The predicted molar refractivity (Wildman–Crippen MR) is 115 cm³/mol. The van der Waals surface area contributed by atoms with E-state index >= 15 is 0 Å². The third-order valence-electron chi connectivity index (χ3n) is 4.93. The molecular formula is C21H25F2N5OS. The van der Waals surface area contributed by atoms with Gasteiger partial charge in [0.25, 0.3) is 5.92 Å². The summed E-state index contributed by atoms with van der Waals surface area (Å²) >= 11 is 0. The van der Waals surface area contributed by atoms with Crippen LogP contribution in [0.25, 0.3) is 11.0 Å². The number of hydrogen-bond donors (Lipinski definition) is 0. The Labute approximate surface area is 177 Å². The molecular weight excluding hydrogens is 408 g/mol. The minimum absolute atomic E-state index is 0.101. The van der Waals surface area contributed by atoms with Crippen molar-refractivity contribution >= 4 is 33.5 Å². The summed E-state index contributed by atoms with van der Waals surface area (Å²) in [5.74, 6) is -2.40. The maximum absolute atomic E-state index is 13.6. The molecule has 1 aromatic carbocycles. The summed E-state index contributed by atoms with van der Waals surface area (Å²) in [6.07, 6.45) is -0.577. The summed E-state index contributed by atoms with van der Waals surface area (Å²) < 4.78 is 43.5. The van der Waals surface area contributed by atoms with E-state index < -0.39 is 21.7 Å². The number of aromatic nitrogens is 2. The largest absolute Gasteiger partial charge is 0.354 e. The lowest BCUT2D eigenvalue weighted by atomic mass is 10.0. The first kappa shape index (κ1) is 22.2. The van der Waals surface area contributed by atoms with E-state index in [0.717, 1.165) is 5.56 Å². The smallest absolute Gasteiger partial charge is 0.251 e. The van der Waals surface area contributed by atoms with Crippen molar-refractivity contribution in [3.63, 3.8) is 0 Å². The van der Waals surface area contributed by atoms with E-state index in [1.807, 2.05) is 45.9 Å². The van der Waals surface area contributed by atoms with Crippen LogP contribution in [-0.4, -0.2) is 43.6 Å². The number of piperidine rings is 1. The van der Waals surface area contributed by atoms with Gasteiger partial charge in [0, 0.05) is 31.5 Å². The van der Waals surface area contributed by atoms with E-state index in [-0.39, 0.29) is 31.6 Å². The van der Waals surface area contributed by atoms with E-state index in [1.165, 1.54) is 0 Å². The second kappa shape index (κ2) is 7.99. The van der Waals surface area contributed by atoms with Crippen molar-refractivity contribution in [2.24, 2.45) is 4.40 Å². The number of nitriles is 1. The maximum Gasteiger partial charge on any atom is 0.251 e. The van der Waals surface area contributed by atoms with Gasteiger partial charge in [-0.3, -0.25) is 0 Å². The molecule has 1 fully saturated rings. The second-order valence-corrected chi connectivity index (χ2v) is 10.5. The summed E-state index contributed by atoms with van der Waals surface area (Å²) in [6, 6.07) is 5.74. The summed E-state index contributed by atoms with van der Waals surface area (Å²) in [5.41, 5.74) is 3.26. The van der Waals surface area contributed by atoms with Crippen molar-refractivity contribution in [2.75, 3.05) is 18.0 Å². The lowest BCUT2D eigenvalue weighted by molar-refractivity contribution is -0.0221. The lowest BCUT2D eigenvalue weighted by Crippen LogP contribution is -2.40. The van der Waals surface area contributed by atoms with Crippen LogP contribution in [0.2, 0.25) is 0 Å². The number of hydrogen-bond acceptors (Lipinski definition) is 5. The molecule has 0 radical (unpaired) electrons. The van der Waals surface area contributed by atoms with Crippen molar-refractivity contribution in [3.05, 3.63) is 29.0 Å². The molecule has 1 aliphatic rings. The van der Waals surface area contributed by atoms with Gasteiger partial charge in [0.2, 0.25) is 0 Å². The highest BCUT2D eigenvalue weighted by Gasteiger charge is 2.35. The minimum Gasteiger partial charge on any atom is -0.354 e. The number of nitrogens with zero attached hydrogens (tertiary/aromatic N) is 5. The van der Waals surface area contributed by atoms with Crippen LogP contribution in [0.5, 0.6) is 0 Å². The predicted octanol–water partition coefficient (Wildman–Crippen LogP) is 4.32. The number of benzene rings is 1. The van der Waals surface area contributed by atoms with E-state index in [2.05, 4.69) is 14.4 Å². The van der Waals surface area contributed by atoms with Crippen LogP contribution in [0.15, 0.2) is 16.5 Å². The quantitative estimate of drug-likeness (QED) is 0.674. The molecule has 6 nitrogen and oxygen atoms in total. The van der Waals surface area contributed by atoms with Gasteiger partial charge in [-0.2, -0.15) is 9.66 Å². The van der Waals surface area contributed by atoms with Crippen LogP contribution >= 0.6 is 0 Å². The summed E-state index contributed by atoms with van der Waals surface area (Å²) in [5, 5.41) is 9.58. The first-order valence-corrected chi connectivity index (χ1v) is 10.8. The standard InChI is InChI=1S/C21H25F2N5OS/c1-13-10-15(14(2)27-30(29)20(3,4)5)18-16(11-13)25-17(12-24)19(26-18)28-8-6-21(22,23)7-9-28/h10-11H,6-9H2,1-5H3. The second-order valence-electron chi connectivity index (χ2n) is 8.57. The molecule has 0 amide bonds. The van der Waals surface area contributed by atoms with Crippen molar-refractivity contribution < 1.29 is 13.0 Å². The van der Waals surface area contributed by atoms with Crippen molar-refractivity contribution in [1.82, 2.24) is 9.97 Å². The Kier molecular flexibility index (Phi) is 5.92. The highest BCUT2D eigenvalue weighted by molar-refractivity contribution is 7.85. The van der Waals surface area contributed by atoms with Crippen LogP contribution in [0.1, 0.15) is 57.4 Å². The molecule has 0 saturated carbocycles. The summed E-state index contributed by atoms with van der Waals surface area (Å²) in [4.78, 5) is 10.8. The molecule has 30 heavy (non-hydrogen) atoms. The Morgan fingerprint density at radius 2 is 1.90 bits per heavy atom. The third kappa shape index (κ3) is 4.64. The Morgan fingerprint density at radius 3 is 2.47 bits per heavy atom. The van der Waals surface area contributed by atoms with Gasteiger partial charge in [0.15, 0.2) is 11.5 Å². The fourth-order valence-corrected chi connectivity index (χ4v) is 3.84. The highest BCUT2D eigenvalue weighted by Crippen LogP contribution is 2.32. The molecule has 0 spiro atoms. The zero-order valence-electron chi connectivity index (χ0n) is 17.8. The Morgan fingerprint density at radius 1 is 1.27 bits per heavy atom. The normalized spacial score (nSPS) is 18.3. The molecule has 1 saturated heterocycles. The van der Waals surface area contributed by atoms with Crippen LogP contribution in [0.3, 0.4) is 0 Å². The fraction of sp³-hybridized carbons (Fsp3) is 0.524. The van der Waals surface area contributed by atoms with Crippen molar-refractivity contribution in [2.45, 2.75) is 58.1 Å². The van der Waals surface area contributed by atoms with E-state index in [1.54, 1.807) is 11.8 Å². The molecule has 0 N–H and O–H groups in total. The molecule has 9 heteroatoms. The van der Waals surface area contributed by atoms with Gasteiger partial charge in [-0.1, -0.05) is 0 Å². The maximum atomic E-state index is 13.6. The van der Waals surface area contributed by atoms with Crippen molar-refractivity contribution in [1.29, 1.82) is 5.26 Å². The zero-order valence-corrected chi connectivity index (χ0v) is 18.6. The average Bonchev–Trinajstić information content (AvgIpc) is 2.65. The lowest BCUT2D eigenvalue weighted by Gasteiger charge is -2.32. The van der Waals surface area contributed by atoms with E-state index in [4.69, 9.17) is 0 Å². The van der Waals surface area contributed by atoms with Gasteiger partial charge in [-0.25, -0.2) is 23.0 Å². The summed E-state index contributed by atoms with van der Waals surface area (Å²) in [6.45, 7) is 9.39. The van der Waals surface area contributed by atoms with Crippen LogP contribution in [0.4, 0.5) is 14.6 Å². The van der Waals surface area contributed by atoms with Crippen LogP contribution < -0.4 is 4.90 Å². The van der Waals surface area contributed by atoms with E-state index in [9.17, 15) is 18.3 Å². The van der Waals surface area contributed by atoms with Gasteiger partial charge in [-0.05, 0) is 52.3 Å². The number of halogens is 2. The van der Waals surface area contributed by atoms with Gasteiger partial charge < -0.3 is 4.90 Å². The molecule has 1 unspecified atom stereocenters. The number of alkyl halides is 2. The van der Waals surface area contributed by atoms with E-state index in [0.29, 0.717) is 28.1 Å². The van der Waals surface area contributed by atoms with Gasteiger partial charge in [0.1, 0.15) is 22.6 Å². The number of aryl methyl sites for hydroxylation is 1. The molecule has 1 aromatic heterocycles. The Hall–Kier alpha value is -2.47. The van der Waals surface area contributed by atoms with Crippen LogP contribution in [0, 0.1) is 18.3 Å². The molecule has 1 atom stereocenters. The highest BCUT2D eigenvalue weighted by atomic mass is 32.2. The molecule has 160 valence electrons. The van der Waals surface area contributed by atoms with Gasteiger partial charge in [-0.15, -0.1) is 0 Å². The average molecular weight is 434 g/mol. The van der Waals surface area contributed by atoms with Crippen molar-refractivity contribution in [3.8, 4) is 6.07 Å². The molecule has 2 heterocycles. The van der Waals surface area contributed by atoms with Crippen LogP contribution in [-0.2, 0) is 11.0 Å².